The first-order valence-electron chi connectivity index (χ1n) is 5.97. The molecule has 0 saturated heterocycles. The third-order valence-corrected chi connectivity index (χ3v) is 3.66. The Kier molecular flexibility index (Phi) is 3.05. The molecule has 0 radical (unpaired) electrons. The van der Waals surface area contributed by atoms with Crippen LogP contribution < -0.4 is 5.43 Å². The molecule has 1 aliphatic carbocycles. The van der Waals surface area contributed by atoms with E-state index in [4.69, 9.17) is 0 Å². The van der Waals surface area contributed by atoms with Crippen molar-refractivity contribution in [2.75, 3.05) is 0 Å². The summed E-state index contributed by atoms with van der Waals surface area (Å²) in [5.74, 6) is -0.396. The molecular formula is C13H17NO3. The molecule has 4 heteroatoms. The highest BCUT2D eigenvalue weighted by molar-refractivity contribution is 5.77. The first-order chi connectivity index (χ1) is 8.04. The molecule has 0 bridgehead atoms. The van der Waals surface area contributed by atoms with Gasteiger partial charge in [0.25, 0.3) is 0 Å². The Labute approximate surface area is 99.9 Å². The van der Waals surface area contributed by atoms with Crippen molar-refractivity contribution in [3.63, 3.8) is 0 Å². The smallest absolute Gasteiger partial charge is 0.329 e. The maximum atomic E-state index is 11.6. The maximum Gasteiger partial charge on any atom is 0.329 e. The number of nitrogens with zero attached hydrogens (tertiary/aromatic N) is 1. The number of aliphatic carboxylic acids is 1. The highest BCUT2D eigenvalue weighted by Gasteiger charge is 2.42. The average molecular weight is 235 g/mol. The van der Waals surface area contributed by atoms with Crippen molar-refractivity contribution >= 4 is 5.97 Å². The minimum absolute atomic E-state index is 0.0920. The molecular weight excluding hydrogens is 218 g/mol. The summed E-state index contributed by atoms with van der Waals surface area (Å²) < 4.78 is 1.69. The van der Waals surface area contributed by atoms with Gasteiger partial charge in [0.05, 0.1) is 0 Å². The summed E-state index contributed by atoms with van der Waals surface area (Å²) in [6, 6.07) is 2.84. The molecule has 2 unspecified atom stereocenters. The standard InChI is InChI=1S/C13H17NO3/c1-10-3-2-6-13(9-10,12(16)17)14-7-4-11(15)5-8-14/h4-5,7-8,10H,2-3,6,9H2,1H3,(H,16,17). The summed E-state index contributed by atoms with van der Waals surface area (Å²) in [5, 5.41) is 9.53. The fourth-order valence-electron chi connectivity index (χ4n) is 2.76. The Morgan fingerprint density at radius 3 is 2.65 bits per heavy atom. The summed E-state index contributed by atoms with van der Waals surface area (Å²) >= 11 is 0. The van der Waals surface area contributed by atoms with Crippen LogP contribution in [0.15, 0.2) is 29.3 Å². The van der Waals surface area contributed by atoms with Crippen LogP contribution in [-0.2, 0) is 10.3 Å². The monoisotopic (exact) mass is 235 g/mol. The Hall–Kier alpha value is -1.58. The molecule has 2 atom stereocenters. The molecule has 2 rings (SSSR count). The fraction of sp³-hybridized carbons (Fsp3) is 0.538. The minimum atomic E-state index is -0.870. The molecule has 17 heavy (non-hydrogen) atoms. The number of pyridine rings is 1. The number of hydrogen-bond acceptors (Lipinski definition) is 2. The van der Waals surface area contributed by atoms with E-state index in [0.29, 0.717) is 18.8 Å². The van der Waals surface area contributed by atoms with E-state index in [0.717, 1.165) is 12.8 Å². The van der Waals surface area contributed by atoms with Gasteiger partial charge in [0.1, 0.15) is 5.54 Å². The lowest BCUT2D eigenvalue weighted by Gasteiger charge is -2.38. The predicted molar refractivity (Wildman–Crippen MR) is 63.9 cm³/mol. The largest absolute Gasteiger partial charge is 0.479 e. The van der Waals surface area contributed by atoms with Crippen LogP contribution >= 0.6 is 0 Å². The van der Waals surface area contributed by atoms with Gasteiger partial charge < -0.3 is 9.67 Å². The first kappa shape index (κ1) is 11.9. The Morgan fingerprint density at radius 2 is 2.12 bits per heavy atom. The zero-order valence-electron chi connectivity index (χ0n) is 9.93. The van der Waals surface area contributed by atoms with Gasteiger partial charge in [-0.05, 0) is 18.8 Å². The lowest BCUT2D eigenvalue weighted by molar-refractivity contribution is -0.150. The van der Waals surface area contributed by atoms with Gasteiger partial charge in [-0.15, -0.1) is 0 Å². The van der Waals surface area contributed by atoms with E-state index in [2.05, 4.69) is 6.92 Å². The lowest BCUT2D eigenvalue weighted by atomic mass is 9.76. The number of hydrogen-bond donors (Lipinski definition) is 1. The van der Waals surface area contributed by atoms with Crippen LogP contribution in [0.5, 0.6) is 0 Å². The van der Waals surface area contributed by atoms with Crippen LogP contribution in [0, 0.1) is 5.92 Å². The van der Waals surface area contributed by atoms with Crippen LogP contribution in [0.4, 0.5) is 0 Å². The van der Waals surface area contributed by atoms with E-state index in [1.165, 1.54) is 12.1 Å². The number of carbonyl (C=O) groups is 1. The van der Waals surface area contributed by atoms with Crippen molar-refractivity contribution in [3.05, 3.63) is 34.7 Å². The van der Waals surface area contributed by atoms with E-state index in [1.54, 1.807) is 17.0 Å². The van der Waals surface area contributed by atoms with Crippen molar-refractivity contribution in [2.45, 2.75) is 38.1 Å². The fourth-order valence-corrected chi connectivity index (χ4v) is 2.76. The first-order valence-corrected chi connectivity index (χ1v) is 5.97. The molecule has 0 aromatic carbocycles. The van der Waals surface area contributed by atoms with Crippen molar-refractivity contribution in [1.29, 1.82) is 0 Å². The highest BCUT2D eigenvalue weighted by Crippen LogP contribution is 2.38. The van der Waals surface area contributed by atoms with Gasteiger partial charge in [0, 0.05) is 24.5 Å². The zero-order valence-corrected chi connectivity index (χ0v) is 9.93. The summed E-state index contributed by atoms with van der Waals surface area (Å²) in [4.78, 5) is 22.7. The molecule has 1 aliphatic rings. The Morgan fingerprint density at radius 1 is 1.47 bits per heavy atom. The van der Waals surface area contributed by atoms with Crippen molar-refractivity contribution < 1.29 is 9.90 Å². The van der Waals surface area contributed by atoms with E-state index in [9.17, 15) is 14.7 Å². The minimum Gasteiger partial charge on any atom is -0.479 e. The predicted octanol–water partition coefficient (Wildman–Crippen LogP) is 1.84. The Bertz CT molecular complexity index is 459. The molecule has 1 aromatic rings. The molecule has 1 aromatic heterocycles. The topological polar surface area (TPSA) is 59.3 Å². The van der Waals surface area contributed by atoms with Gasteiger partial charge in [-0.3, -0.25) is 4.79 Å². The van der Waals surface area contributed by atoms with Gasteiger partial charge in [-0.2, -0.15) is 0 Å². The summed E-state index contributed by atoms with van der Waals surface area (Å²) in [6.07, 6.45) is 6.44. The third-order valence-electron chi connectivity index (χ3n) is 3.66. The van der Waals surface area contributed by atoms with Crippen LogP contribution in [0.3, 0.4) is 0 Å². The van der Waals surface area contributed by atoms with Gasteiger partial charge >= 0.3 is 5.97 Å². The molecule has 1 N–H and O–H groups in total. The van der Waals surface area contributed by atoms with Gasteiger partial charge in [-0.1, -0.05) is 19.8 Å². The molecule has 1 saturated carbocycles. The number of carboxylic acid groups (broad SMARTS) is 1. The molecule has 92 valence electrons. The van der Waals surface area contributed by atoms with E-state index in [-0.39, 0.29) is 5.43 Å². The van der Waals surface area contributed by atoms with Gasteiger partial charge in [0.15, 0.2) is 5.43 Å². The third kappa shape index (κ3) is 2.12. The van der Waals surface area contributed by atoms with Crippen molar-refractivity contribution in [2.24, 2.45) is 5.92 Å². The van der Waals surface area contributed by atoms with E-state index < -0.39 is 11.5 Å². The summed E-state index contributed by atoms with van der Waals surface area (Å²) in [5.41, 5.74) is -0.962. The molecule has 1 fully saturated rings. The van der Waals surface area contributed by atoms with Crippen molar-refractivity contribution in [3.8, 4) is 0 Å². The molecule has 1 heterocycles. The quantitative estimate of drug-likeness (QED) is 0.850. The van der Waals surface area contributed by atoms with Crippen molar-refractivity contribution in [1.82, 2.24) is 4.57 Å². The van der Waals surface area contributed by atoms with E-state index in [1.807, 2.05) is 0 Å². The van der Waals surface area contributed by atoms with Crippen LogP contribution in [-0.4, -0.2) is 15.6 Å². The lowest BCUT2D eigenvalue weighted by Crippen LogP contribution is -2.45. The second kappa shape index (κ2) is 4.35. The van der Waals surface area contributed by atoms with E-state index >= 15 is 0 Å². The molecule has 0 spiro atoms. The zero-order chi connectivity index (χ0) is 12.5. The number of aromatic nitrogens is 1. The summed E-state index contributed by atoms with van der Waals surface area (Å²) in [6.45, 7) is 2.08. The molecule has 0 aliphatic heterocycles. The summed E-state index contributed by atoms with van der Waals surface area (Å²) in [7, 11) is 0. The maximum absolute atomic E-state index is 11.6. The van der Waals surface area contributed by atoms with Gasteiger partial charge in [-0.25, -0.2) is 4.79 Å². The van der Waals surface area contributed by atoms with Gasteiger partial charge in [0.2, 0.25) is 0 Å². The SMILES string of the molecule is CC1CCCC(C(=O)O)(n2ccc(=O)cc2)C1. The number of rotatable bonds is 2. The number of carboxylic acids is 1. The second-order valence-corrected chi connectivity index (χ2v) is 4.98. The normalized spacial score (nSPS) is 28.9. The molecule has 0 amide bonds. The molecule has 4 nitrogen and oxygen atoms in total. The van der Waals surface area contributed by atoms with Crippen LogP contribution in [0.1, 0.15) is 32.6 Å². The van der Waals surface area contributed by atoms with Crippen LogP contribution in [0.2, 0.25) is 0 Å². The van der Waals surface area contributed by atoms with Crippen LogP contribution in [0.25, 0.3) is 0 Å². The highest BCUT2D eigenvalue weighted by atomic mass is 16.4. The second-order valence-electron chi connectivity index (χ2n) is 4.98. The average Bonchev–Trinajstić information content (AvgIpc) is 2.29. The Balaban J connectivity index is 2.43.